The molecule has 20 heavy (non-hydrogen) atoms. The fraction of sp³-hybridized carbons (Fsp3) is 0.333. The standard InChI is InChI=1S/C15H15FN4/c16-11-6-12(18)9-20(8-11)14-4-3-10(7-17)15-13(14)2-1-5-19-15/h1-5,11-12H,6,8-9,18H2. The number of anilines is 1. The average Bonchev–Trinajstić information content (AvgIpc) is 2.45. The molecular weight excluding hydrogens is 255 g/mol. The van der Waals surface area contributed by atoms with Crippen molar-refractivity contribution in [2.75, 3.05) is 18.0 Å². The lowest BCUT2D eigenvalue weighted by Crippen LogP contribution is -2.48. The van der Waals surface area contributed by atoms with E-state index < -0.39 is 6.17 Å². The molecule has 1 aromatic heterocycles. The summed E-state index contributed by atoms with van der Waals surface area (Å²) in [6.07, 6.45) is 1.15. The second kappa shape index (κ2) is 5.06. The number of pyridine rings is 1. The average molecular weight is 270 g/mol. The maximum absolute atomic E-state index is 13.7. The van der Waals surface area contributed by atoms with Gasteiger partial charge in [0.05, 0.1) is 11.1 Å². The SMILES string of the molecule is N#Cc1ccc(N2CC(N)CC(F)C2)c2cccnc12. The second-order valence-corrected chi connectivity index (χ2v) is 5.14. The lowest BCUT2D eigenvalue weighted by molar-refractivity contribution is 0.269. The van der Waals surface area contributed by atoms with Crippen molar-refractivity contribution >= 4 is 16.6 Å². The quantitative estimate of drug-likeness (QED) is 0.860. The van der Waals surface area contributed by atoms with Crippen LogP contribution in [0.4, 0.5) is 10.1 Å². The third-order valence-corrected chi connectivity index (χ3v) is 3.64. The van der Waals surface area contributed by atoms with Crippen molar-refractivity contribution < 1.29 is 4.39 Å². The van der Waals surface area contributed by atoms with Crippen molar-refractivity contribution in [3.05, 3.63) is 36.0 Å². The Bertz CT molecular complexity index is 669. The Hall–Kier alpha value is -2.19. The molecule has 1 aliphatic heterocycles. The van der Waals surface area contributed by atoms with Crippen LogP contribution in [0, 0.1) is 11.3 Å². The van der Waals surface area contributed by atoms with E-state index in [-0.39, 0.29) is 6.04 Å². The summed E-state index contributed by atoms with van der Waals surface area (Å²) < 4.78 is 13.7. The highest BCUT2D eigenvalue weighted by Gasteiger charge is 2.26. The number of halogens is 1. The zero-order chi connectivity index (χ0) is 14.1. The van der Waals surface area contributed by atoms with Crippen LogP contribution in [0.5, 0.6) is 0 Å². The van der Waals surface area contributed by atoms with Gasteiger partial charge in [0.15, 0.2) is 0 Å². The largest absolute Gasteiger partial charge is 0.367 e. The normalized spacial score (nSPS) is 22.8. The van der Waals surface area contributed by atoms with Crippen LogP contribution in [0.15, 0.2) is 30.5 Å². The third-order valence-electron chi connectivity index (χ3n) is 3.64. The minimum absolute atomic E-state index is 0.166. The number of piperidine rings is 1. The van der Waals surface area contributed by atoms with Crippen molar-refractivity contribution in [3.8, 4) is 6.07 Å². The van der Waals surface area contributed by atoms with E-state index in [4.69, 9.17) is 11.0 Å². The first kappa shape index (κ1) is 12.8. The van der Waals surface area contributed by atoms with Gasteiger partial charge in [0.1, 0.15) is 12.2 Å². The van der Waals surface area contributed by atoms with E-state index in [0.717, 1.165) is 11.1 Å². The Morgan fingerprint density at radius 1 is 1.35 bits per heavy atom. The summed E-state index contributed by atoms with van der Waals surface area (Å²) >= 11 is 0. The molecule has 0 amide bonds. The number of nitriles is 1. The molecule has 2 N–H and O–H groups in total. The number of aromatic nitrogens is 1. The topological polar surface area (TPSA) is 65.9 Å². The number of rotatable bonds is 1. The number of hydrogen-bond donors (Lipinski definition) is 1. The number of benzene rings is 1. The summed E-state index contributed by atoms with van der Waals surface area (Å²) in [4.78, 5) is 6.22. The first-order chi connectivity index (χ1) is 9.69. The van der Waals surface area contributed by atoms with Crippen molar-refractivity contribution in [1.29, 1.82) is 5.26 Å². The monoisotopic (exact) mass is 270 g/mol. The van der Waals surface area contributed by atoms with Crippen molar-refractivity contribution in [3.63, 3.8) is 0 Å². The maximum Gasteiger partial charge on any atom is 0.119 e. The summed E-state index contributed by atoms with van der Waals surface area (Å²) in [5, 5.41) is 10.0. The fourth-order valence-corrected chi connectivity index (χ4v) is 2.79. The molecule has 0 spiro atoms. The lowest BCUT2D eigenvalue weighted by Gasteiger charge is -2.35. The molecule has 2 unspecified atom stereocenters. The molecular formula is C15H15FN4. The van der Waals surface area contributed by atoms with Crippen LogP contribution >= 0.6 is 0 Å². The fourth-order valence-electron chi connectivity index (χ4n) is 2.79. The molecule has 0 aliphatic carbocycles. The van der Waals surface area contributed by atoms with Gasteiger partial charge < -0.3 is 10.6 Å². The van der Waals surface area contributed by atoms with Crippen LogP contribution in [0.1, 0.15) is 12.0 Å². The van der Waals surface area contributed by atoms with Crippen molar-refractivity contribution in [2.45, 2.75) is 18.6 Å². The highest BCUT2D eigenvalue weighted by molar-refractivity contribution is 5.95. The molecule has 1 aromatic carbocycles. The van der Waals surface area contributed by atoms with Crippen LogP contribution in [-0.2, 0) is 0 Å². The molecule has 2 atom stereocenters. The predicted octanol–water partition coefficient (Wildman–Crippen LogP) is 1.98. The summed E-state index contributed by atoms with van der Waals surface area (Å²) in [6, 6.07) is 9.29. The molecule has 4 nitrogen and oxygen atoms in total. The van der Waals surface area contributed by atoms with Crippen LogP contribution in [-0.4, -0.2) is 30.3 Å². The van der Waals surface area contributed by atoms with E-state index in [2.05, 4.69) is 11.1 Å². The van der Waals surface area contributed by atoms with Gasteiger partial charge >= 0.3 is 0 Å². The van der Waals surface area contributed by atoms with Gasteiger partial charge in [0.2, 0.25) is 0 Å². The Morgan fingerprint density at radius 3 is 2.95 bits per heavy atom. The van der Waals surface area contributed by atoms with E-state index >= 15 is 0 Å². The third kappa shape index (κ3) is 2.19. The molecule has 0 radical (unpaired) electrons. The minimum atomic E-state index is -0.916. The number of nitrogens with two attached hydrogens (primary N) is 1. The van der Waals surface area contributed by atoms with E-state index in [1.807, 2.05) is 23.1 Å². The number of hydrogen-bond acceptors (Lipinski definition) is 4. The molecule has 0 saturated carbocycles. The van der Waals surface area contributed by atoms with E-state index in [9.17, 15) is 4.39 Å². The van der Waals surface area contributed by atoms with Gasteiger partial charge in [-0.25, -0.2) is 4.39 Å². The molecule has 1 aliphatic rings. The van der Waals surface area contributed by atoms with Gasteiger partial charge in [-0.1, -0.05) is 0 Å². The molecule has 5 heteroatoms. The highest BCUT2D eigenvalue weighted by atomic mass is 19.1. The Labute approximate surface area is 116 Å². The Kier molecular flexibility index (Phi) is 3.25. The molecule has 1 fully saturated rings. The zero-order valence-electron chi connectivity index (χ0n) is 11.0. The van der Waals surface area contributed by atoms with Gasteiger partial charge in [-0.3, -0.25) is 4.98 Å². The Balaban J connectivity index is 2.11. The smallest absolute Gasteiger partial charge is 0.119 e. The van der Waals surface area contributed by atoms with Crippen LogP contribution in [0.25, 0.3) is 10.9 Å². The van der Waals surface area contributed by atoms with Crippen LogP contribution in [0.2, 0.25) is 0 Å². The molecule has 0 bridgehead atoms. The number of nitrogens with zero attached hydrogens (tertiary/aromatic N) is 3. The predicted molar refractivity (Wildman–Crippen MR) is 76.2 cm³/mol. The molecule has 3 rings (SSSR count). The van der Waals surface area contributed by atoms with Gasteiger partial charge in [0, 0.05) is 36.4 Å². The van der Waals surface area contributed by atoms with E-state index in [0.29, 0.717) is 30.6 Å². The van der Waals surface area contributed by atoms with E-state index in [1.165, 1.54) is 0 Å². The minimum Gasteiger partial charge on any atom is -0.367 e. The molecule has 2 aromatic rings. The first-order valence-electron chi connectivity index (χ1n) is 6.61. The molecule has 102 valence electrons. The molecule has 2 heterocycles. The van der Waals surface area contributed by atoms with Crippen LogP contribution < -0.4 is 10.6 Å². The number of fused-ring (bicyclic) bond motifs is 1. The van der Waals surface area contributed by atoms with Crippen LogP contribution in [0.3, 0.4) is 0 Å². The van der Waals surface area contributed by atoms with Gasteiger partial charge in [-0.15, -0.1) is 0 Å². The van der Waals surface area contributed by atoms with E-state index in [1.54, 1.807) is 12.3 Å². The number of alkyl halides is 1. The summed E-state index contributed by atoms with van der Waals surface area (Å²) in [6.45, 7) is 0.958. The summed E-state index contributed by atoms with van der Waals surface area (Å²) in [7, 11) is 0. The van der Waals surface area contributed by atoms with Crippen molar-refractivity contribution in [1.82, 2.24) is 4.98 Å². The zero-order valence-corrected chi connectivity index (χ0v) is 11.0. The highest BCUT2D eigenvalue weighted by Crippen LogP contribution is 2.30. The molecule has 1 saturated heterocycles. The van der Waals surface area contributed by atoms with Gasteiger partial charge in [0.25, 0.3) is 0 Å². The summed E-state index contributed by atoms with van der Waals surface area (Å²) in [5.41, 5.74) is 7.98. The Morgan fingerprint density at radius 2 is 2.20 bits per heavy atom. The van der Waals surface area contributed by atoms with Crippen molar-refractivity contribution in [2.24, 2.45) is 5.73 Å². The van der Waals surface area contributed by atoms with Gasteiger partial charge in [-0.05, 0) is 30.7 Å². The van der Waals surface area contributed by atoms with Gasteiger partial charge in [-0.2, -0.15) is 5.26 Å². The first-order valence-corrected chi connectivity index (χ1v) is 6.61. The lowest BCUT2D eigenvalue weighted by atomic mass is 10.0. The second-order valence-electron chi connectivity index (χ2n) is 5.14. The summed E-state index contributed by atoms with van der Waals surface area (Å²) in [5.74, 6) is 0. The maximum atomic E-state index is 13.7.